The summed E-state index contributed by atoms with van der Waals surface area (Å²) in [6.45, 7) is 6.96. The molecule has 4 nitrogen and oxygen atoms in total. The van der Waals surface area contributed by atoms with Gasteiger partial charge >= 0.3 is 0 Å². The summed E-state index contributed by atoms with van der Waals surface area (Å²) in [6, 6.07) is 0. The van der Waals surface area contributed by atoms with Crippen molar-refractivity contribution in [3.05, 3.63) is 4.88 Å². The Bertz CT molecular complexity index is 501. The average Bonchev–Trinajstić information content (AvgIpc) is 2.84. The van der Waals surface area contributed by atoms with Gasteiger partial charge in [-0.05, 0) is 31.9 Å². The molecule has 1 fully saturated rings. The third kappa shape index (κ3) is 3.48. The van der Waals surface area contributed by atoms with Crippen molar-refractivity contribution in [3.8, 4) is 0 Å². The number of thiophene rings is 1. The molecule has 1 saturated heterocycles. The Morgan fingerprint density at radius 1 is 1.52 bits per heavy atom. The molecule has 1 aliphatic heterocycles. The number of nitrogens with two attached hydrogens (primary N) is 1. The number of nitrogens with one attached hydrogen (secondary N) is 1. The van der Waals surface area contributed by atoms with E-state index in [4.69, 9.17) is 5.73 Å². The fourth-order valence-corrected chi connectivity index (χ4v) is 4.95. The van der Waals surface area contributed by atoms with E-state index in [-0.39, 0.29) is 5.91 Å². The SMILES string of the molecule is CCNC(=O)c1sc(N2CCCC(CC)C2)c(SC)c1N. The van der Waals surface area contributed by atoms with E-state index >= 15 is 0 Å². The molecule has 0 saturated carbocycles. The van der Waals surface area contributed by atoms with Crippen LogP contribution in [0.5, 0.6) is 0 Å². The molecule has 0 aromatic carbocycles. The zero-order valence-electron chi connectivity index (χ0n) is 13.1. The Labute approximate surface area is 135 Å². The second-order valence-corrected chi connectivity index (χ2v) is 7.22. The second kappa shape index (κ2) is 7.40. The summed E-state index contributed by atoms with van der Waals surface area (Å²) in [4.78, 5) is 16.3. The van der Waals surface area contributed by atoms with Gasteiger partial charge in [-0.15, -0.1) is 23.1 Å². The van der Waals surface area contributed by atoms with E-state index in [1.807, 2.05) is 13.2 Å². The summed E-state index contributed by atoms with van der Waals surface area (Å²) in [5, 5.41) is 4.03. The maximum atomic E-state index is 12.1. The number of piperidine rings is 1. The van der Waals surface area contributed by atoms with Gasteiger partial charge in [-0.1, -0.05) is 13.3 Å². The molecule has 1 unspecified atom stereocenters. The summed E-state index contributed by atoms with van der Waals surface area (Å²) in [6.07, 6.45) is 5.78. The fourth-order valence-electron chi connectivity index (χ4n) is 2.81. The Hall–Kier alpha value is -0.880. The third-order valence-corrected chi connectivity index (χ3v) is 6.23. The smallest absolute Gasteiger partial charge is 0.263 e. The lowest BCUT2D eigenvalue weighted by Crippen LogP contribution is -2.34. The third-order valence-electron chi connectivity index (χ3n) is 4.01. The van der Waals surface area contributed by atoms with Gasteiger partial charge < -0.3 is 16.0 Å². The standard InChI is InChI=1S/C15H25N3OS2/c1-4-10-7-6-8-18(9-10)15-13(20-3)11(16)12(21-15)14(19)17-5-2/h10H,4-9,16H2,1-3H3,(H,17,19). The van der Waals surface area contributed by atoms with Gasteiger partial charge in [-0.25, -0.2) is 0 Å². The van der Waals surface area contributed by atoms with E-state index < -0.39 is 0 Å². The largest absolute Gasteiger partial charge is 0.396 e. The number of nitrogen functional groups attached to an aromatic ring is 1. The van der Waals surface area contributed by atoms with Gasteiger partial charge in [0.05, 0.1) is 10.6 Å². The predicted octanol–water partition coefficient (Wildman–Crippen LogP) is 3.43. The van der Waals surface area contributed by atoms with Crippen molar-refractivity contribution in [3.63, 3.8) is 0 Å². The molecule has 0 aliphatic carbocycles. The molecule has 1 amide bonds. The average molecular weight is 328 g/mol. The van der Waals surface area contributed by atoms with Crippen LogP contribution in [-0.4, -0.2) is 31.8 Å². The summed E-state index contributed by atoms with van der Waals surface area (Å²) in [7, 11) is 0. The van der Waals surface area contributed by atoms with Gasteiger partial charge in [-0.3, -0.25) is 4.79 Å². The van der Waals surface area contributed by atoms with Crippen molar-refractivity contribution in [1.82, 2.24) is 5.32 Å². The number of amides is 1. The zero-order chi connectivity index (χ0) is 15.4. The highest BCUT2D eigenvalue weighted by Crippen LogP contribution is 2.45. The molecular weight excluding hydrogens is 302 g/mol. The second-order valence-electron chi connectivity index (χ2n) is 5.41. The molecular formula is C15H25N3OS2. The van der Waals surface area contributed by atoms with E-state index in [0.717, 1.165) is 23.9 Å². The van der Waals surface area contributed by atoms with Crippen LogP contribution >= 0.6 is 23.1 Å². The Balaban J connectivity index is 2.30. The number of hydrogen-bond acceptors (Lipinski definition) is 5. The molecule has 1 atom stereocenters. The topological polar surface area (TPSA) is 58.4 Å². The van der Waals surface area contributed by atoms with Crippen molar-refractivity contribution in [2.24, 2.45) is 5.92 Å². The Kier molecular flexibility index (Phi) is 5.81. The lowest BCUT2D eigenvalue weighted by molar-refractivity contribution is 0.0960. The highest BCUT2D eigenvalue weighted by atomic mass is 32.2. The number of hydrogen-bond donors (Lipinski definition) is 2. The first-order chi connectivity index (χ1) is 10.1. The molecule has 21 heavy (non-hydrogen) atoms. The van der Waals surface area contributed by atoms with Crippen LogP contribution in [0.3, 0.4) is 0 Å². The molecule has 118 valence electrons. The maximum Gasteiger partial charge on any atom is 0.263 e. The van der Waals surface area contributed by atoms with Crippen molar-refractivity contribution >= 4 is 39.7 Å². The molecule has 2 heterocycles. The number of thioether (sulfide) groups is 1. The van der Waals surface area contributed by atoms with Gasteiger partial charge in [0.1, 0.15) is 9.88 Å². The van der Waals surface area contributed by atoms with Gasteiger partial charge in [0.25, 0.3) is 5.91 Å². The van der Waals surface area contributed by atoms with E-state index in [2.05, 4.69) is 17.1 Å². The molecule has 1 aromatic heterocycles. The van der Waals surface area contributed by atoms with E-state index in [1.54, 1.807) is 23.1 Å². The number of carbonyl (C=O) groups excluding carboxylic acids is 1. The van der Waals surface area contributed by atoms with Crippen LogP contribution in [0.4, 0.5) is 10.7 Å². The number of rotatable bonds is 5. The van der Waals surface area contributed by atoms with E-state index in [1.165, 1.54) is 24.3 Å². The highest BCUT2D eigenvalue weighted by Gasteiger charge is 2.26. The highest BCUT2D eigenvalue weighted by molar-refractivity contribution is 7.99. The number of anilines is 2. The van der Waals surface area contributed by atoms with Gasteiger partial charge in [0.2, 0.25) is 0 Å². The van der Waals surface area contributed by atoms with E-state index in [9.17, 15) is 4.79 Å². The van der Waals surface area contributed by atoms with Crippen LogP contribution in [0, 0.1) is 5.92 Å². The molecule has 6 heteroatoms. The van der Waals surface area contributed by atoms with Crippen molar-refractivity contribution in [1.29, 1.82) is 0 Å². The van der Waals surface area contributed by atoms with Crippen LogP contribution in [0.15, 0.2) is 4.90 Å². The van der Waals surface area contributed by atoms with Gasteiger partial charge in [-0.2, -0.15) is 0 Å². The molecule has 0 spiro atoms. The Morgan fingerprint density at radius 3 is 2.90 bits per heavy atom. The van der Waals surface area contributed by atoms with E-state index in [0.29, 0.717) is 17.1 Å². The summed E-state index contributed by atoms with van der Waals surface area (Å²) in [5.41, 5.74) is 6.87. The molecule has 0 bridgehead atoms. The van der Waals surface area contributed by atoms with Crippen LogP contribution in [0.2, 0.25) is 0 Å². The van der Waals surface area contributed by atoms with Gasteiger partial charge in [0.15, 0.2) is 0 Å². The van der Waals surface area contributed by atoms with Crippen molar-refractivity contribution < 1.29 is 4.79 Å². The monoisotopic (exact) mass is 327 g/mol. The first kappa shape index (κ1) is 16.5. The quantitative estimate of drug-likeness (QED) is 0.814. The predicted molar refractivity (Wildman–Crippen MR) is 93.7 cm³/mol. The number of carbonyl (C=O) groups is 1. The first-order valence-electron chi connectivity index (χ1n) is 7.61. The molecule has 1 aliphatic rings. The van der Waals surface area contributed by atoms with Crippen LogP contribution in [0.25, 0.3) is 0 Å². The summed E-state index contributed by atoms with van der Waals surface area (Å²) < 4.78 is 0. The lowest BCUT2D eigenvalue weighted by Gasteiger charge is -2.33. The molecule has 0 radical (unpaired) electrons. The minimum Gasteiger partial charge on any atom is -0.396 e. The molecule has 1 aromatic rings. The number of nitrogens with zero attached hydrogens (tertiary/aromatic N) is 1. The minimum atomic E-state index is -0.0504. The normalized spacial score (nSPS) is 18.8. The van der Waals surface area contributed by atoms with Crippen molar-refractivity contribution in [2.45, 2.75) is 38.0 Å². The molecule has 2 rings (SSSR count). The van der Waals surface area contributed by atoms with Gasteiger partial charge in [0, 0.05) is 19.6 Å². The lowest BCUT2D eigenvalue weighted by atomic mass is 9.96. The Morgan fingerprint density at radius 2 is 2.29 bits per heavy atom. The van der Waals surface area contributed by atoms with Crippen LogP contribution in [-0.2, 0) is 0 Å². The summed E-state index contributed by atoms with van der Waals surface area (Å²) in [5.74, 6) is 0.704. The van der Waals surface area contributed by atoms with Crippen LogP contribution < -0.4 is 16.0 Å². The first-order valence-corrected chi connectivity index (χ1v) is 9.65. The van der Waals surface area contributed by atoms with Crippen molar-refractivity contribution in [2.75, 3.05) is 36.5 Å². The zero-order valence-corrected chi connectivity index (χ0v) is 14.7. The fraction of sp³-hybridized carbons (Fsp3) is 0.667. The summed E-state index contributed by atoms with van der Waals surface area (Å²) >= 11 is 3.19. The minimum absolute atomic E-state index is 0.0504. The van der Waals surface area contributed by atoms with Crippen LogP contribution in [0.1, 0.15) is 42.8 Å². The molecule has 3 N–H and O–H groups in total. The maximum absolute atomic E-state index is 12.1.